The molecule has 4 atom stereocenters. The number of carbonyl (C=O) groups excluding carboxylic acids is 1. The van der Waals surface area contributed by atoms with Crippen LogP contribution >= 0.6 is 0 Å². The van der Waals surface area contributed by atoms with Crippen LogP contribution < -0.4 is 0 Å². The van der Waals surface area contributed by atoms with Crippen LogP contribution in [0.1, 0.15) is 39.0 Å². The number of hydrogen-bond acceptors (Lipinski definition) is 4. The molecule has 2 aliphatic carbocycles. The van der Waals surface area contributed by atoms with Crippen molar-refractivity contribution < 1.29 is 39.9 Å². The molecular weight excluding hydrogens is 359 g/mol. The van der Waals surface area contributed by atoms with Gasteiger partial charge in [-0.1, -0.05) is 6.42 Å². The van der Waals surface area contributed by atoms with Crippen molar-refractivity contribution in [3.05, 3.63) is 0 Å². The topological polar surface area (TPSA) is 60.4 Å². The summed E-state index contributed by atoms with van der Waals surface area (Å²) in [5, 5.41) is -5.81. The Morgan fingerprint density at radius 2 is 1.79 bits per heavy atom. The molecule has 0 aromatic carbocycles. The third-order valence-electron chi connectivity index (χ3n) is 4.87. The Labute approximate surface area is 136 Å². The molecule has 10 heteroatoms. The lowest BCUT2D eigenvalue weighted by Crippen LogP contribution is -2.45. The average molecular weight is 378 g/mol. The molecule has 0 spiro atoms. The van der Waals surface area contributed by atoms with Crippen LogP contribution in [0.2, 0.25) is 0 Å². The standard InChI is InChI=1S/C14H19F5O4S/c1-8(4-5-24(21,22)14(18,19)13(15,16)17)23-12(20)11-7-9-2-3-10(11)6-9/h8-11H,2-7H2,1H3. The number of halogens is 5. The second-order valence-corrected chi connectivity index (χ2v) is 8.80. The minimum absolute atomic E-state index is 0.230. The molecule has 2 bridgehead atoms. The fourth-order valence-electron chi connectivity index (χ4n) is 3.50. The first-order valence-electron chi connectivity index (χ1n) is 7.72. The van der Waals surface area contributed by atoms with Gasteiger partial charge in [0.05, 0.1) is 17.8 Å². The van der Waals surface area contributed by atoms with Crippen molar-refractivity contribution in [3.63, 3.8) is 0 Å². The lowest BCUT2D eigenvalue weighted by atomic mass is 9.89. The molecule has 2 fully saturated rings. The highest BCUT2D eigenvalue weighted by atomic mass is 32.2. The maximum atomic E-state index is 12.9. The molecule has 2 rings (SSSR count). The van der Waals surface area contributed by atoms with Gasteiger partial charge in [0.15, 0.2) is 0 Å². The Balaban J connectivity index is 1.86. The van der Waals surface area contributed by atoms with E-state index in [4.69, 9.17) is 4.74 Å². The van der Waals surface area contributed by atoms with Gasteiger partial charge in [-0.15, -0.1) is 0 Å². The van der Waals surface area contributed by atoms with Crippen LogP contribution in [0, 0.1) is 17.8 Å². The highest BCUT2D eigenvalue weighted by Gasteiger charge is 2.66. The molecule has 0 saturated heterocycles. The van der Waals surface area contributed by atoms with Crippen LogP contribution in [0.5, 0.6) is 0 Å². The molecule has 140 valence electrons. The van der Waals surface area contributed by atoms with Gasteiger partial charge < -0.3 is 4.74 Å². The van der Waals surface area contributed by atoms with Crippen molar-refractivity contribution in [1.82, 2.24) is 0 Å². The maximum absolute atomic E-state index is 12.9. The van der Waals surface area contributed by atoms with Crippen molar-refractivity contribution in [2.45, 2.75) is 56.6 Å². The Bertz CT molecular complexity index is 586. The fourth-order valence-corrected chi connectivity index (χ4v) is 4.75. The van der Waals surface area contributed by atoms with Crippen molar-refractivity contribution in [3.8, 4) is 0 Å². The molecule has 0 heterocycles. The van der Waals surface area contributed by atoms with Gasteiger partial charge in [0.1, 0.15) is 0 Å². The molecule has 2 aliphatic rings. The van der Waals surface area contributed by atoms with Gasteiger partial charge >= 0.3 is 17.4 Å². The molecule has 4 unspecified atom stereocenters. The SMILES string of the molecule is CC(CCS(=O)(=O)C(F)(F)C(F)(F)F)OC(=O)C1CC2CCC1C2. The summed E-state index contributed by atoms with van der Waals surface area (Å²) in [4.78, 5) is 12.0. The number of alkyl halides is 5. The lowest BCUT2D eigenvalue weighted by molar-refractivity contribution is -0.241. The second kappa shape index (κ2) is 6.42. The van der Waals surface area contributed by atoms with Gasteiger partial charge in [-0.25, -0.2) is 8.42 Å². The highest BCUT2D eigenvalue weighted by molar-refractivity contribution is 7.92. The minimum atomic E-state index is -6.17. The molecule has 0 aromatic heterocycles. The summed E-state index contributed by atoms with van der Waals surface area (Å²) in [6.07, 6.45) is -4.20. The molecule has 0 aromatic rings. The van der Waals surface area contributed by atoms with E-state index in [0.29, 0.717) is 12.3 Å². The van der Waals surface area contributed by atoms with Gasteiger partial charge in [-0.2, -0.15) is 22.0 Å². The smallest absolute Gasteiger partial charge is 0.462 e. The van der Waals surface area contributed by atoms with Gasteiger partial charge in [0, 0.05) is 0 Å². The van der Waals surface area contributed by atoms with E-state index >= 15 is 0 Å². The number of esters is 1. The van der Waals surface area contributed by atoms with Crippen LogP contribution in [0.4, 0.5) is 22.0 Å². The Hall–Kier alpha value is -0.930. The van der Waals surface area contributed by atoms with E-state index in [9.17, 15) is 35.2 Å². The summed E-state index contributed by atoms with van der Waals surface area (Å²) in [5.41, 5.74) is 0. The molecule has 0 aliphatic heterocycles. The monoisotopic (exact) mass is 378 g/mol. The summed E-state index contributed by atoms with van der Waals surface area (Å²) < 4.78 is 89.8. The third kappa shape index (κ3) is 3.67. The fraction of sp³-hybridized carbons (Fsp3) is 0.929. The Morgan fingerprint density at radius 3 is 2.25 bits per heavy atom. The summed E-state index contributed by atoms with van der Waals surface area (Å²) in [6.45, 7) is 1.28. The van der Waals surface area contributed by atoms with E-state index in [1.165, 1.54) is 6.92 Å². The number of rotatable bonds is 6. The number of fused-ring (bicyclic) bond motifs is 2. The van der Waals surface area contributed by atoms with Crippen LogP contribution in [-0.2, 0) is 19.4 Å². The molecular formula is C14H19F5O4S. The van der Waals surface area contributed by atoms with E-state index in [1.54, 1.807) is 0 Å². The summed E-state index contributed by atoms with van der Waals surface area (Å²) >= 11 is 0. The van der Waals surface area contributed by atoms with Crippen LogP contribution in [0.3, 0.4) is 0 Å². The first-order chi connectivity index (χ1) is 10.8. The van der Waals surface area contributed by atoms with Crippen LogP contribution in [0.25, 0.3) is 0 Å². The zero-order valence-corrected chi connectivity index (χ0v) is 13.8. The maximum Gasteiger partial charge on any atom is 0.469 e. The number of carbonyl (C=O) groups is 1. The van der Waals surface area contributed by atoms with E-state index in [2.05, 4.69) is 0 Å². The van der Waals surface area contributed by atoms with Gasteiger partial charge in [0.25, 0.3) is 0 Å². The third-order valence-corrected chi connectivity index (χ3v) is 6.66. The summed E-state index contributed by atoms with van der Waals surface area (Å²) in [6, 6.07) is 0. The number of hydrogen-bond donors (Lipinski definition) is 0. The van der Waals surface area contributed by atoms with Crippen molar-refractivity contribution in [1.29, 1.82) is 0 Å². The first kappa shape index (κ1) is 19.4. The largest absolute Gasteiger partial charge is 0.469 e. The normalized spacial score (nSPS) is 28.8. The zero-order chi connectivity index (χ0) is 18.3. The Morgan fingerprint density at radius 1 is 1.17 bits per heavy atom. The quantitative estimate of drug-likeness (QED) is 0.526. The van der Waals surface area contributed by atoms with Crippen molar-refractivity contribution in [2.24, 2.45) is 17.8 Å². The van der Waals surface area contributed by atoms with Crippen molar-refractivity contribution in [2.75, 3.05) is 5.75 Å². The number of sulfone groups is 1. The van der Waals surface area contributed by atoms with E-state index in [1.807, 2.05) is 0 Å². The summed E-state index contributed by atoms with van der Waals surface area (Å²) in [5.74, 6) is -1.50. The predicted octanol–water partition coefficient (Wildman–Crippen LogP) is 3.31. The zero-order valence-electron chi connectivity index (χ0n) is 13.0. The van der Waals surface area contributed by atoms with Crippen LogP contribution in [0.15, 0.2) is 0 Å². The van der Waals surface area contributed by atoms with Gasteiger partial charge in [-0.05, 0) is 44.4 Å². The molecule has 0 radical (unpaired) electrons. The predicted molar refractivity (Wildman–Crippen MR) is 73.9 cm³/mol. The van der Waals surface area contributed by atoms with E-state index in [-0.39, 0.29) is 11.8 Å². The van der Waals surface area contributed by atoms with Crippen molar-refractivity contribution >= 4 is 15.8 Å². The van der Waals surface area contributed by atoms with Gasteiger partial charge in [0.2, 0.25) is 9.84 Å². The molecule has 0 amide bonds. The summed E-state index contributed by atoms with van der Waals surface area (Å²) in [7, 11) is -5.73. The average Bonchev–Trinajstić information content (AvgIpc) is 3.06. The lowest BCUT2D eigenvalue weighted by Gasteiger charge is -2.23. The van der Waals surface area contributed by atoms with E-state index in [0.717, 1.165) is 19.3 Å². The molecule has 4 nitrogen and oxygen atoms in total. The highest BCUT2D eigenvalue weighted by Crippen LogP contribution is 2.48. The van der Waals surface area contributed by atoms with E-state index < -0.39 is 45.5 Å². The molecule has 0 N–H and O–H groups in total. The van der Waals surface area contributed by atoms with Gasteiger partial charge in [-0.3, -0.25) is 4.79 Å². The Kier molecular flexibility index (Phi) is 5.19. The molecule has 2 saturated carbocycles. The molecule has 24 heavy (non-hydrogen) atoms. The number of ether oxygens (including phenoxy) is 1. The second-order valence-electron chi connectivity index (χ2n) is 6.65. The first-order valence-corrected chi connectivity index (χ1v) is 9.37. The van der Waals surface area contributed by atoms with Crippen LogP contribution in [-0.4, -0.2) is 37.7 Å². The minimum Gasteiger partial charge on any atom is -0.462 e.